The third-order valence-corrected chi connectivity index (χ3v) is 5.63. The highest BCUT2D eigenvalue weighted by molar-refractivity contribution is 5.80. The zero-order valence-electron chi connectivity index (χ0n) is 20.1. The third kappa shape index (κ3) is 6.28. The van der Waals surface area contributed by atoms with Gasteiger partial charge < -0.3 is 43.4 Å². The number of aromatic hydroxyl groups is 4. The largest absolute Gasteiger partial charge is 0.506 e. The zero-order chi connectivity index (χ0) is 30.2. The lowest BCUT2D eigenvalue weighted by atomic mass is 9.93. The monoisotopic (exact) mass is 568 g/mol. The summed E-state index contributed by atoms with van der Waals surface area (Å²) in [5, 5.41) is 37.8. The second-order valence-corrected chi connectivity index (χ2v) is 8.46. The van der Waals surface area contributed by atoms with Crippen LogP contribution in [0.15, 0.2) is 60.7 Å². The average molecular weight is 568 g/mol. The summed E-state index contributed by atoms with van der Waals surface area (Å²) < 4.78 is 78.9. The summed E-state index contributed by atoms with van der Waals surface area (Å²) in [7, 11) is 0. The maximum Gasteiger partial charge on any atom is 0.417 e. The second kappa shape index (κ2) is 10.6. The van der Waals surface area contributed by atoms with E-state index in [0.717, 1.165) is 11.1 Å². The molecule has 0 saturated heterocycles. The molecule has 4 rings (SSSR count). The molecule has 0 aromatic heterocycles. The van der Waals surface area contributed by atoms with Gasteiger partial charge in [-0.25, -0.2) is 0 Å². The first-order valence-electron chi connectivity index (χ1n) is 11.0. The number of hydrogen-bond donors (Lipinski definition) is 8. The van der Waals surface area contributed by atoms with Gasteiger partial charge in [0.15, 0.2) is 0 Å². The lowest BCUT2D eigenvalue weighted by Crippen LogP contribution is -2.12. The fraction of sp³-hybridized carbons (Fsp3) is 0.0769. The van der Waals surface area contributed by atoms with Crippen molar-refractivity contribution in [1.82, 2.24) is 0 Å². The van der Waals surface area contributed by atoms with Gasteiger partial charge in [0, 0.05) is 0 Å². The molecule has 0 aliphatic carbocycles. The van der Waals surface area contributed by atoms with Crippen molar-refractivity contribution < 1.29 is 46.8 Å². The molecule has 0 amide bonds. The Morgan fingerprint density at radius 3 is 1.20 bits per heavy atom. The SMILES string of the molecule is Nc1cc(-c2ccc(N)c(O)c2)ccc1O.Nc1cc(C(F)(F)F)c(-c2cc(O)c(N)cc2C(F)(F)F)cc1O. The van der Waals surface area contributed by atoms with Gasteiger partial charge in [-0.05, 0) is 70.8 Å². The minimum Gasteiger partial charge on any atom is -0.506 e. The molecule has 4 aromatic rings. The minimum absolute atomic E-state index is 0.0316. The van der Waals surface area contributed by atoms with Crippen LogP contribution >= 0.6 is 0 Å². The van der Waals surface area contributed by atoms with Gasteiger partial charge in [0.05, 0.1) is 33.9 Å². The highest BCUT2D eigenvalue weighted by Crippen LogP contribution is 2.47. The first kappa shape index (κ1) is 29.4. The Balaban J connectivity index is 0.000000238. The van der Waals surface area contributed by atoms with E-state index in [4.69, 9.17) is 22.9 Å². The Hall–Kier alpha value is -5.14. The van der Waals surface area contributed by atoms with Crippen molar-refractivity contribution in [3.05, 3.63) is 71.8 Å². The molecule has 0 bridgehead atoms. The predicted molar refractivity (Wildman–Crippen MR) is 138 cm³/mol. The molecule has 0 atom stereocenters. The summed E-state index contributed by atoms with van der Waals surface area (Å²) in [6.45, 7) is 0. The molecule has 0 heterocycles. The quantitative estimate of drug-likeness (QED) is 0.0835. The molecule has 40 heavy (non-hydrogen) atoms. The fourth-order valence-corrected chi connectivity index (χ4v) is 3.58. The van der Waals surface area contributed by atoms with E-state index in [1.165, 1.54) is 6.07 Å². The Morgan fingerprint density at radius 2 is 0.800 bits per heavy atom. The van der Waals surface area contributed by atoms with Crippen LogP contribution < -0.4 is 22.9 Å². The van der Waals surface area contributed by atoms with Crippen LogP contribution in [0.1, 0.15) is 11.1 Å². The molecule has 212 valence electrons. The number of hydrogen-bond acceptors (Lipinski definition) is 8. The van der Waals surface area contributed by atoms with Crippen LogP contribution in [0, 0.1) is 0 Å². The average Bonchev–Trinajstić information content (AvgIpc) is 2.84. The van der Waals surface area contributed by atoms with Crippen LogP contribution in [0.5, 0.6) is 23.0 Å². The van der Waals surface area contributed by atoms with Gasteiger partial charge in [0.1, 0.15) is 23.0 Å². The van der Waals surface area contributed by atoms with Crippen molar-refractivity contribution >= 4 is 22.7 Å². The number of nitrogen functional groups attached to an aromatic ring is 4. The van der Waals surface area contributed by atoms with Gasteiger partial charge in [-0.2, -0.15) is 26.3 Å². The Morgan fingerprint density at radius 1 is 0.425 bits per heavy atom. The number of anilines is 4. The molecule has 0 radical (unpaired) electrons. The zero-order valence-corrected chi connectivity index (χ0v) is 20.1. The smallest absolute Gasteiger partial charge is 0.417 e. The highest BCUT2D eigenvalue weighted by Gasteiger charge is 2.39. The molecule has 0 aliphatic heterocycles. The van der Waals surface area contributed by atoms with Crippen molar-refractivity contribution in [2.24, 2.45) is 0 Å². The molecule has 0 spiro atoms. The number of rotatable bonds is 2. The van der Waals surface area contributed by atoms with Crippen LogP contribution in [0.4, 0.5) is 49.1 Å². The van der Waals surface area contributed by atoms with Crippen molar-refractivity contribution in [3.8, 4) is 45.3 Å². The van der Waals surface area contributed by atoms with Gasteiger partial charge in [-0.15, -0.1) is 0 Å². The molecule has 12 N–H and O–H groups in total. The lowest BCUT2D eigenvalue weighted by molar-refractivity contribution is -0.139. The van der Waals surface area contributed by atoms with Crippen molar-refractivity contribution in [2.75, 3.05) is 22.9 Å². The normalized spacial score (nSPS) is 11.6. The van der Waals surface area contributed by atoms with E-state index >= 15 is 0 Å². The molecule has 0 aliphatic rings. The van der Waals surface area contributed by atoms with E-state index in [1.807, 2.05) is 0 Å². The highest BCUT2D eigenvalue weighted by atomic mass is 19.4. The van der Waals surface area contributed by atoms with Crippen LogP contribution in [0.2, 0.25) is 0 Å². The molecule has 14 heteroatoms. The summed E-state index contributed by atoms with van der Waals surface area (Å²) in [5.74, 6) is -1.59. The number of alkyl halides is 6. The standard InChI is InChI=1S/C14H10F6N2O2.C12H12N2O2/c15-13(16,17)7-3-9(21)11(23)1-5(7)6-2-12(24)10(22)4-8(6)14(18,19)20;13-9-3-1-8(6-12(9)16)7-2-4-11(15)10(14)5-7/h1-4,23-24H,21-22H2;1-6,15-16H,13-14H2. The van der Waals surface area contributed by atoms with Gasteiger partial charge in [0.25, 0.3) is 0 Å². The van der Waals surface area contributed by atoms with E-state index < -0.39 is 57.5 Å². The molecular formula is C26H22F6N4O4. The summed E-state index contributed by atoms with van der Waals surface area (Å²) in [5.41, 5.74) is 17.5. The predicted octanol–water partition coefficient (Wildman–Crippen LogP) is 5.90. The van der Waals surface area contributed by atoms with Gasteiger partial charge in [-0.1, -0.05) is 12.1 Å². The summed E-state index contributed by atoms with van der Waals surface area (Å²) in [6, 6.07) is 11.4. The van der Waals surface area contributed by atoms with Crippen LogP contribution in [0.3, 0.4) is 0 Å². The molecule has 0 fully saturated rings. The molecule has 0 unspecified atom stereocenters. The fourth-order valence-electron chi connectivity index (χ4n) is 3.58. The minimum atomic E-state index is -5.04. The first-order chi connectivity index (χ1) is 18.4. The summed E-state index contributed by atoms with van der Waals surface area (Å²) in [4.78, 5) is 0. The second-order valence-electron chi connectivity index (χ2n) is 8.46. The van der Waals surface area contributed by atoms with Gasteiger partial charge in [0.2, 0.25) is 0 Å². The lowest BCUT2D eigenvalue weighted by Gasteiger charge is -2.19. The topological polar surface area (TPSA) is 185 Å². The molecular weight excluding hydrogens is 546 g/mol. The van der Waals surface area contributed by atoms with Crippen molar-refractivity contribution in [2.45, 2.75) is 12.4 Å². The maximum atomic E-state index is 13.1. The molecule has 4 aromatic carbocycles. The van der Waals surface area contributed by atoms with Crippen molar-refractivity contribution in [1.29, 1.82) is 0 Å². The van der Waals surface area contributed by atoms with Gasteiger partial charge in [-0.3, -0.25) is 0 Å². The van der Waals surface area contributed by atoms with E-state index in [2.05, 4.69) is 0 Å². The summed E-state index contributed by atoms with van der Waals surface area (Å²) in [6.07, 6.45) is -10.1. The Bertz CT molecular complexity index is 1460. The number of halogens is 6. The maximum absolute atomic E-state index is 13.1. The molecule has 8 nitrogen and oxygen atoms in total. The van der Waals surface area contributed by atoms with Gasteiger partial charge >= 0.3 is 12.4 Å². The third-order valence-electron chi connectivity index (χ3n) is 5.63. The van der Waals surface area contributed by atoms with E-state index in [1.54, 1.807) is 30.3 Å². The number of phenolic OH excluding ortho intramolecular Hbond substituents is 4. The van der Waals surface area contributed by atoms with Crippen LogP contribution in [-0.2, 0) is 12.4 Å². The number of benzene rings is 4. The van der Waals surface area contributed by atoms with Crippen LogP contribution in [-0.4, -0.2) is 20.4 Å². The Kier molecular flexibility index (Phi) is 7.76. The number of nitrogens with two attached hydrogens (primary N) is 4. The number of phenols is 4. The van der Waals surface area contributed by atoms with E-state index in [0.29, 0.717) is 35.6 Å². The van der Waals surface area contributed by atoms with E-state index in [9.17, 15) is 46.8 Å². The van der Waals surface area contributed by atoms with Crippen molar-refractivity contribution in [3.63, 3.8) is 0 Å². The van der Waals surface area contributed by atoms with E-state index in [-0.39, 0.29) is 11.5 Å². The summed E-state index contributed by atoms with van der Waals surface area (Å²) >= 11 is 0. The van der Waals surface area contributed by atoms with Crippen LogP contribution in [0.25, 0.3) is 22.3 Å². The Labute approximate surface area is 222 Å². The first-order valence-corrected chi connectivity index (χ1v) is 11.0. The molecule has 0 saturated carbocycles.